The molecule has 1 fully saturated rings. The molecule has 20 heavy (non-hydrogen) atoms. The fourth-order valence-corrected chi connectivity index (χ4v) is 3.32. The lowest BCUT2D eigenvalue weighted by atomic mass is 10.3. The standard InChI is InChI=1S/C13H24N4O2S/c1-4-11(2)16(3)20(18,19)13-9-15-17(10-13)8-7-14-12-5-6-12/h9-12,14H,4-8H2,1-3H3. The molecule has 1 unspecified atom stereocenters. The highest BCUT2D eigenvalue weighted by Gasteiger charge is 2.26. The van der Waals surface area contributed by atoms with Gasteiger partial charge in [-0.05, 0) is 26.2 Å². The third-order valence-corrected chi connectivity index (χ3v) is 5.77. The summed E-state index contributed by atoms with van der Waals surface area (Å²) in [5.41, 5.74) is 0. The molecule has 0 bridgehead atoms. The van der Waals surface area contributed by atoms with E-state index in [1.807, 2.05) is 13.8 Å². The van der Waals surface area contributed by atoms with Crippen molar-refractivity contribution in [3.05, 3.63) is 12.4 Å². The van der Waals surface area contributed by atoms with Crippen molar-refractivity contribution < 1.29 is 8.42 Å². The third-order valence-electron chi connectivity index (χ3n) is 3.85. The van der Waals surface area contributed by atoms with E-state index in [0.29, 0.717) is 12.6 Å². The molecule has 0 saturated heterocycles. The van der Waals surface area contributed by atoms with Gasteiger partial charge in [0.05, 0.1) is 12.7 Å². The van der Waals surface area contributed by atoms with Crippen LogP contribution in [-0.4, -0.2) is 48.2 Å². The minimum Gasteiger partial charge on any atom is -0.312 e. The van der Waals surface area contributed by atoms with Crippen LogP contribution in [0.3, 0.4) is 0 Å². The van der Waals surface area contributed by atoms with Crippen LogP contribution in [0.4, 0.5) is 0 Å². The Labute approximate surface area is 121 Å². The Bertz CT molecular complexity index is 536. The maximum atomic E-state index is 12.4. The summed E-state index contributed by atoms with van der Waals surface area (Å²) in [5.74, 6) is 0. The van der Waals surface area contributed by atoms with E-state index in [1.165, 1.54) is 23.3 Å². The topological polar surface area (TPSA) is 67.2 Å². The molecule has 7 heteroatoms. The van der Waals surface area contributed by atoms with Crippen LogP contribution in [0.15, 0.2) is 17.3 Å². The maximum absolute atomic E-state index is 12.4. The second-order valence-electron chi connectivity index (χ2n) is 5.45. The SMILES string of the molecule is CCC(C)N(C)S(=O)(=O)c1cnn(CCNC2CC2)c1. The monoisotopic (exact) mass is 300 g/mol. The number of sulfonamides is 1. The molecule has 0 radical (unpaired) electrons. The first-order valence-corrected chi connectivity index (χ1v) is 8.63. The van der Waals surface area contributed by atoms with Gasteiger partial charge in [0.15, 0.2) is 0 Å². The van der Waals surface area contributed by atoms with E-state index < -0.39 is 10.0 Å². The average Bonchev–Trinajstić information content (AvgIpc) is 3.12. The molecular weight excluding hydrogens is 276 g/mol. The first kappa shape index (κ1) is 15.5. The lowest BCUT2D eigenvalue weighted by molar-refractivity contribution is 0.380. The van der Waals surface area contributed by atoms with Gasteiger partial charge in [-0.3, -0.25) is 4.68 Å². The van der Waals surface area contributed by atoms with Crippen molar-refractivity contribution in [3.63, 3.8) is 0 Å². The minimum atomic E-state index is -3.43. The summed E-state index contributed by atoms with van der Waals surface area (Å²) in [4.78, 5) is 0.270. The van der Waals surface area contributed by atoms with Gasteiger partial charge in [-0.25, -0.2) is 8.42 Å². The molecule has 2 rings (SSSR count). The average molecular weight is 300 g/mol. The third kappa shape index (κ3) is 3.59. The Morgan fingerprint density at radius 3 is 2.85 bits per heavy atom. The lowest BCUT2D eigenvalue weighted by Crippen LogP contribution is -2.34. The summed E-state index contributed by atoms with van der Waals surface area (Å²) in [6.07, 6.45) is 6.33. The molecule has 1 atom stereocenters. The van der Waals surface area contributed by atoms with Gasteiger partial charge in [-0.15, -0.1) is 0 Å². The maximum Gasteiger partial charge on any atom is 0.246 e. The molecule has 1 aromatic rings. The molecule has 0 aliphatic heterocycles. The second-order valence-corrected chi connectivity index (χ2v) is 7.44. The van der Waals surface area contributed by atoms with Gasteiger partial charge < -0.3 is 5.32 Å². The Hall–Kier alpha value is -0.920. The van der Waals surface area contributed by atoms with Crippen LogP contribution in [0.1, 0.15) is 33.1 Å². The number of rotatable bonds is 8. The highest BCUT2D eigenvalue weighted by Crippen LogP contribution is 2.18. The van der Waals surface area contributed by atoms with E-state index in [9.17, 15) is 8.42 Å². The largest absolute Gasteiger partial charge is 0.312 e. The van der Waals surface area contributed by atoms with E-state index in [4.69, 9.17) is 0 Å². The zero-order valence-corrected chi connectivity index (χ0v) is 13.2. The highest BCUT2D eigenvalue weighted by atomic mass is 32.2. The van der Waals surface area contributed by atoms with Gasteiger partial charge in [-0.1, -0.05) is 6.92 Å². The van der Waals surface area contributed by atoms with Gasteiger partial charge >= 0.3 is 0 Å². The Kier molecular flexibility index (Phi) is 4.82. The summed E-state index contributed by atoms with van der Waals surface area (Å²) < 4.78 is 27.9. The smallest absolute Gasteiger partial charge is 0.246 e. The van der Waals surface area contributed by atoms with E-state index in [1.54, 1.807) is 17.9 Å². The molecule has 1 saturated carbocycles. The lowest BCUT2D eigenvalue weighted by Gasteiger charge is -2.22. The van der Waals surface area contributed by atoms with Crippen molar-refractivity contribution in [2.45, 2.75) is 56.6 Å². The molecule has 114 valence electrons. The Morgan fingerprint density at radius 2 is 2.25 bits per heavy atom. The van der Waals surface area contributed by atoms with Crippen LogP contribution in [-0.2, 0) is 16.6 Å². The van der Waals surface area contributed by atoms with Crippen LogP contribution >= 0.6 is 0 Å². The molecule has 0 aromatic carbocycles. The van der Waals surface area contributed by atoms with Crippen molar-refractivity contribution in [2.75, 3.05) is 13.6 Å². The Morgan fingerprint density at radius 1 is 1.55 bits per heavy atom. The predicted octanol–water partition coefficient (Wildman–Crippen LogP) is 1.05. The predicted molar refractivity (Wildman–Crippen MR) is 78.0 cm³/mol. The van der Waals surface area contributed by atoms with Crippen molar-refractivity contribution in [1.82, 2.24) is 19.4 Å². The number of hydrogen-bond acceptors (Lipinski definition) is 4. The van der Waals surface area contributed by atoms with Gasteiger partial charge in [-0.2, -0.15) is 9.40 Å². The first-order valence-electron chi connectivity index (χ1n) is 7.19. The molecular formula is C13H24N4O2S. The van der Waals surface area contributed by atoms with Crippen LogP contribution in [0.5, 0.6) is 0 Å². The van der Waals surface area contributed by atoms with E-state index in [0.717, 1.165) is 13.0 Å². The van der Waals surface area contributed by atoms with Crippen molar-refractivity contribution in [1.29, 1.82) is 0 Å². The second kappa shape index (κ2) is 6.24. The normalized spacial score (nSPS) is 17.6. The van der Waals surface area contributed by atoms with Crippen molar-refractivity contribution >= 4 is 10.0 Å². The first-order chi connectivity index (χ1) is 9.45. The molecule has 0 spiro atoms. The summed E-state index contributed by atoms with van der Waals surface area (Å²) in [5, 5.41) is 7.52. The number of hydrogen-bond donors (Lipinski definition) is 1. The van der Waals surface area contributed by atoms with Crippen LogP contribution in [0.25, 0.3) is 0 Å². The fourth-order valence-electron chi connectivity index (χ4n) is 1.93. The number of aromatic nitrogens is 2. The van der Waals surface area contributed by atoms with Crippen LogP contribution in [0, 0.1) is 0 Å². The van der Waals surface area contributed by atoms with Crippen LogP contribution < -0.4 is 5.32 Å². The number of nitrogens with zero attached hydrogens (tertiary/aromatic N) is 3. The van der Waals surface area contributed by atoms with Crippen molar-refractivity contribution in [2.24, 2.45) is 0 Å². The molecule has 1 aromatic heterocycles. The fraction of sp³-hybridized carbons (Fsp3) is 0.769. The molecule has 1 aliphatic carbocycles. The summed E-state index contributed by atoms with van der Waals surface area (Å²) in [6.45, 7) is 5.40. The molecule has 6 nitrogen and oxygen atoms in total. The molecule has 0 amide bonds. The Balaban J connectivity index is 1.98. The molecule has 1 heterocycles. The highest BCUT2D eigenvalue weighted by molar-refractivity contribution is 7.89. The molecule has 1 N–H and O–H groups in total. The van der Waals surface area contributed by atoms with E-state index in [2.05, 4.69) is 10.4 Å². The zero-order valence-electron chi connectivity index (χ0n) is 12.4. The number of nitrogens with one attached hydrogen (secondary N) is 1. The van der Waals surface area contributed by atoms with Gasteiger partial charge in [0, 0.05) is 31.9 Å². The summed E-state index contributed by atoms with van der Waals surface area (Å²) >= 11 is 0. The van der Waals surface area contributed by atoms with Gasteiger partial charge in [0.1, 0.15) is 4.90 Å². The van der Waals surface area contributed by atoms with E-state index >= 15 is 0 Å². The summed E-state index contributed by atoms with van der Waals surface area (Å²) in [6, 6.07) is 0.644. The van der Waals surface area contributed by atoms with Crippen molar-refractivity contribution in [3.8, 4) is 0 Å². The quantitative estimate of drug-likeness (QED) is 0.779. The van der Waals surface area contributed by atoms with Gasteiger partial charge in [0.2, 0.25) is 10.0 Å². The zero-order chi connectivity index (χ0) is 14.8. The summed E-state index contributed by atoms with van der Waals surface area (Å²) in [7, 11) is -1.81. The van der Waals surface area contributed by atoms with Crippen LogP contribution in [0.2, 0.25) is 0 Å². The van der Waals surface area contributed by atoms with Gasteiger partial charge in [0.25, 0.3) is 0 Å². The molecule has 1 aliphatic rings. The minimum absolute atomic E-state index is 0.0140. The van der Waals surface area contributed by atoms with E-state index in [-0.39, 0.29) is 10.9 Å².